The Morgan fingerprint density at radius 3 is 2.36 bits per heavy atom. The average molecular weight is 632 g/mol. The van der Waals surface area contributed by atoms with Crippen molar-refractivity contribution in [3.05, 3.63) is 33.1 Å². The molecule has 0 radical (unpaired) electrons. The van der Waals surface area contributed by atoms with Gasteiger partial charge >= 0.3 is 11.7 Å². The van der Waals surface area contributed by atoms with E-state index in [1.165, 1.54) is 26.0 Å². The van der Waals surface area contributed by atoms with Crippen LogP contribution in [0.25, 0.3) is 0 Å². The van der Waals surface area contributed by atoms with Crippen LogP contribution in [0, 0.1) is 0 Å². The van der Waals surface area contributed by atoms with E-state index in [1.807, 2.05) is 4.98 Å². The number of amides is 4. The summed E-state index contributed by atoms with van der Waals surface area (Å²) in [7, 11) is 3.91. The van der Waals surface area contributed by atoms with Gasteiger partial charge < -0.3 is 55.7 Å². The van der Waals surface area contributed by atoms with E-state index in [0.29, 0.717) is 0 Å². The first-order valence-corrected chi connectivity index (χ1v) is 13.6. The lowest BCUT2D eigenvalue weighted by Crippen LogP contribution is -2.61. The number of nitrogens with one attached hydrogen (secondary N) is 3. The summed E-state index contributed by atoms with van der Waals surface area (Å²) >= 11 is 0. The largest absolute Gasteiger partial charge is 0.389 e. The average Bonchev–Trinajstić information content (AvgIpc) is 3.52. The molecule has 44 heavy (non-hydrogen) atoms. The number of imide groups is 1. The number of H-pyrrole nitrogens is 1. The molecule has 3 saturated heterocycles. The molecule has 3 aliphatic rings. The number of aliphatic hydroxyl groups is 5. The molecule has 0 saturated carbocycles. The van der Waals surface area contributed by atoms with E-state index >= 15 is 0 Å². The molecule has 3 fully saturated rings. The van der Waals surface area contributed by atoms with E-state index in [1.54, 1.807) is 0 Å². The zero-order chi connectivity index (χ0) is 32.6. The highest BCUT2D eigenvalue weighted by molar-refractivity contribution is 6.04. The first kappa shape index (κ1) is 33.6. The van der Waals surface area contributed by atoms with Gasteiger partial charge in [-0.2, -0.15) is 0 Å². The Morgan fingerprint density at radius 2 is 1.82 bits per heavy atom. The molecule has 1 aromatic heterocycles. The number of urea groups is 1. The molecular weight excluding hydrogens is 594 g/mol. The Labute approximate surface area is 248 Å². The minimum atomic E-state index is -1.85. The van der Waals surface area contributed by atoms with Crippen LogP contribution >= 0.6 is 0 Å². The van der Waals surface area contributed by atoms with Gasteiger partial charge in [-0.3, -0.25) is 34.2 Å². The van der Waals surface area contributed by atoms with Crippen molar-refractivity contribution in [1.29, 1.82) is 0 Å². The predicted octanol–water partition coefficient (Wildman–Crippen LogP) is -7.10. The van der Waals surface area contributed by atoms with Gasteiger partial charge in [-0.15, -0.1) is 0 Å². The highest BCUT2D eigenvalue weighted by Crippen LogP contribution is 2.35. The topological polar surface area (TPSA) is 291 Å². The quantitative estimate of drug-likeness (QED) is 0.103. The lowest BCUT2D eigenvalue weighted by molar-refractivity contribution is -0.233. The van der Waals surface area contributed by atoms with Crippen LogP contribution in [0.2, 0.25) is 0 Å². The van der Waals surface area contributed by atoms with Crippen molar-refractivity contribution in [3.63, 3.8) is 0 Å². The second-order valence-corrected chi connectivity index (χ2v) is 10.8. The SMILES string of the molecule is CNC(=O)[C@H]([C@H](OC1OC(CN)C(O)C1O)C1OC(n2ccc(=O)[nH]c2=O)C(O)C1O)N(C)C[C@H](O)[C@H]1C(=O)NC(=O)N1C. The minimum Gasteiger partial charge on any atom is -0.389 e. The van der Waals surface area contributed by atoms with E-state index in [2.05, 4.69) is 10.6 Å². The number of carbonyl (C=O) groups excluding carboxylic acids is 3. The lowest BCUT2D eigenvalue weighted by Gasteiger charge is -2.39. The number of rotatable bonds is 11. The normalized spacial score (nSPS) is 34.3. The highest BCUT2D eigenvalue weighted by atomic mass is 16.7. The Balaban J connectivity index is 1.70. The van der Waals surface area contributed by atoms with Gasteiger partial charge in [-0.1, -0.05) is 0 Å². The third kappa shape index (κ3) is 6.26. The van der Waals surface area contributed by atoms with Crippen molar-refractivity contribution < 1.29 is 54.1 Å². The molecule has 10 N–H and O–H groups in total. The molecule has 0 aromatic carbocycles. The summed E-state index contributed by atoms with van der Waals surface area (Å²) in [5.41, 5.74) is 3.89. The summed E-state index contributed by atoms with van der Waals surface area (Å²) < 4.78 is 18.2. The summed E-state index contributed by atoms with van der Waals surface area (Å²) in [6.45, 7) is -0.661. The maximum atomic E-state index is 13.4. The zero-order valence-corrected chi connectivity index (χ0v) is 23.9. The summed E-state index contributed by atoms with van der Waals surface area (Å²) in [6.07, 6.45) is -15.0. The zero-order valence-electron chi connectivity index (χ0n) is 23.9. The van der Waals surface area contributed by atoms with Crippen LogP contribution in [0.5, 0.6) is 0 Å². The molecule has 12 atom stereocenters. The minimum absolute atomic E-state index is 0.220. The first-order valence-electron chi connectivity index (χ1n) is 13.6. The molecule has 8 unspecified atom stereocenters. The molecule has 0 spiro atoms. The van der Waals surface area contributed by atoms with E-state index in [9.17, 15) is 49.5 Å². The van der Waals surface area contributed by atoms with Crippen LogP contribution in [0.3, 0.4) is 0 Å². The number of hydrogen-bond donors (Lipinski definition) is 9. The molecular formula is C24H37N7O13. The van der Waals surface area contributed by atoms with Gasteiger partial charge in [0.25, 0.3) is 11.5 Å². The fourth-order valence-corrected chi connectivity index (χ4v) is 5.58. The van der Waals surface area contributed by atoms with Gasteiger partial charge in [0.1, 0.15) is 54.8 Å². The summed E-state index contributed by atoms with van der Waals surface area (Å²) in [5.74, 6) is -1.57. The summed E-state index contributed by atoms with van der Waals surface area (Å²) in [5, 5.41) is 58.4. The fourth-order valence-electron chi connectivity index (χ4n) is 5.58. The molecule has 20 heteroatoms. The summed E-state index contributed by atoms with van der Waals surface area (Å²) in [4.78, 5) is 65.8. The molecule has 4 heterocycles. The summed E-state index contributed by atoms with van der Waals surface area (Å²) in [6, 6.07) is -2.62. The number of hydrogen-bond acceptors (Lipinski definition) is 15. The van der Waals surface area contributed by atoms with Crippen molar-refractivity contribution in [2.24, 2.45) is 5.73 Å². The van der Waals surface area contributed by atoms with Crippen LogP contribution in [-0.2, 0) is 23.8 Å². The Kier molecular flexibility index (Phi) is 10.2. The lowest BCUT2D eigenvalue weighted by atomic mass is 9.96. The molecule has 3 aliphatic heterocycles. The molecule has 0 bridgehead atoms. The van der Waals surface area contributed by atoms with E-state index in [-0.39, 0.29) is 6.54 Å². The van der Waals surface area contributed by atoms with Gasteiger partial charge in [-0.25, -0.2) is 9.59 Å². The van der Waals surface area contributed by atoms with Crippen LogP contribution in [0.15, 0.2) is 21.9 Å². The van der Waals surface area contributed by atoms with Crippen LogP contribution in [0.4, 0.5) is 4.79 Å². The van der Waals surface area contributed by atoms with Gasteiger partial charge in [0, 0.05) is 39.4 Å². The van der Waals surface area contributed by atoms with Gasteiger partial charge in [-0.05, 0) is 7.05 Å². The number of likely N-dealkylation sites (N-methyl/N-ethyl adjacent to an activating group) is 3. The van der Waals surface area contributed by atoms with Crippen molar-refractivity contribution in [3.8, 4) is 0 Å². The van der Waals surface area contributed by atoms with Crippen molar-refractivity contribution in [1.82, 2.24) is 30.0 Å². The van der Waals surface area contributed by atoms with Crippen LogP contribution in [-0.4, -0.2) is 164 Å². The second kappa shape index (κ2) is 13.4. The number of ether oxygens (including phenoxy) is 3. The molecule has 4 amide bonds. The fraction of sp³-hybridized carbons (Fsp3) is 0.708. The Bertz CT molecular complexity index is 1340. The van der Waals surface area contributed by atoms with Crippen LogP contribution < -0.4 is 27.6 Å². The van der Waals surface area contributed by atoms with Crippen LogP contribution in [0.1, 0.15) is 6.23 Å². The third-order valence-electron chi connectivity index (χ3n) is 7.94. The van der Waals surface area contributed by atoms with Gasteiger partial charge in [0.05, 0.1) is 6.10 Å². The van der Waals surface area contributed by atoms with E-state index < -0.39 is 109 Å². The smallest absolute Gasteiger partial charge is 0.330 e. The number of aromatic nitrogens is 2. The molecule has 20 nitrogen and oxygen atoms in total. The number of nitrogens with two attached hydrogens (primary N) is 1. The monoisotopic (exact) mass is 631 g/mol. The van der Waals surface area contributed by atoms with Gasteiger partial charge in [0.15, 0.2) is 12.5 Å². The van der Waals surface area contributed by atoms with E-state index in [4.69, 9.17) is 19.9 Å². The number of carbonyl (C=O) groups is 3. The first-order chi connectivity index (χ1) is 20.7. The van der Waals surface area contributed by atoms with Crippen molar-refractivity contribution in [2.75, 3.05) is 34.2 Å². The van der Waals surface area contributed by atoms with Gasteiger partial charge in [0.2, 0.25) is 5.91 Å². The maximum Gasteiger partial charge on any atom is 0.330 e. The number of aliphatic hydroxyl groups excluding tert-OH is 5. The molecule has 0 aliphatic carbocycles. The number of aromatic amines is 1. The molecule has 4 rings (SSSR count). The highest BCUT2D eigenvalue weighted by Gasteiger charge is 2.55. The Morgan fingerprint density at radius 1 is 1.14 bits per heavy atom. The maximum absolute atomic E-state index is 13.4. The predicted molar refractivity (Wildman–Crippen MR) is 143 cm³/mol. The molecule has 246 valence electrons. The standard InChI is InChI=1S/C24H37N7O13/c1-26-19(38)12(29(2)7-8(32)11-20(39)28-23(40)30(11)3)17(44-22-16(37)13(34)9(6-25)42-22)18-14(35)15(36)21(43-18)31-5-4-10(33)27-24(31)41/h4-5,8-9,11-18,21-22,32,34-37H,6-7,25H2,1-3H3,(H,26,38)(H,27,33,41)(H,28,39,40)/t8-,9?,11-,12-,13?,14?,15?,16?,17-,18?,21?,22?/m0/s1. The second-order valence-electron chi connectivity index (χ2n) is 10.8. The van der Waals surface area contributed by atoms with E-state index in [0.717, 1.165) is 21.7 Å². The number of nitrogens with zero attached hydrogens (tertiary/aromatic N) is 3. The van der Waals surface area contributed by atoms with Crippen molar-refractivity contribution >= 4 is 17.8 Å². The van der Waals surface area contributed by atoms with Crippen molar-refractivity contribution in [2.45, 2.75) is 73.4 Å². The molecule has 1 aromatic rings. The Hall–Kier alpha value is -3.31. The third-order valence-corrected chi connectivity index (χ3v) is 7.94.